The Morgan fingerprint density at radius 3 is 2.40 bits per heavy atom. The van der Waals surface area contributed by atoms with E-state index in [4.69, 9.17) is 22.7 Å². The van der Waals surface area contributed by atoms with E-state index in [-0.39, 0.29) is 12.4 Å². The Hall–Kier alpha value is -2.01. The molecule has 5 heteroatoms. The summed E-state index contributed by atoms with van der Waals surface area (Å²) in [5, 5.41) is 0. The Kier molecular flexibility index (Phi) is 4.29. The van der Waals surface area contributed by atoms with E-state index in [9.17, 15) is 8.78 Å². The van der Waals surface area contributed by atoms with Crippen molar-refractivity contribution in [3.63, 3.8) is 0 Å². The lowest BCUT2D eigenvalue weighted by molar-refractivity contribution is 0.273. The van der Waals surface area contributed by atoms with Gasteiger partial charge in [-0.25, -0.2) is 8.78 Å². The Labute approximate surface area is 121 Å². The molecule has 0 spiro atoms. The lowest BCUT2D eigenvalue weighted by Crippen LogP contribution is -2.10. The summed E-state index contributed by atoms with van der Waals surface area (Å²) in [6.07, 6.45) is 0. The van der Waals surface area contributed by atoms with Crippen molar-refractivity contribution in [3.8, 4) is 5.75 Å². The van der Waals surface area contributed by atoms with Gasteiger partial charge < -0.3 is 10.5 Å². The minimum atomic E-state index is -0.720. The number of ether oxygens (including phenoxy) is 1. The van der Waals surface area contributed by atoms with Gasteiger partial charge in [-0.3, -0.25) is 0 Å². The van der Waals surface area contributed by atoms with Crippen LogP contribution in [0.4, 0.5) is 8.78 Å². The molecule has 0 unspecified atom stereocenters. The van der Waals surface area contributed by atoms with Crippen LogP contribution in [0.5, 0.6) is 5.75 Å². The fourth-order valence-corrected chi connectivity index (χ4v) is 1.91. The Balaban J connectivity index is 2.17. The van der Waals surface area contributed by atoms with E-state index in [1.165, 1.54) is 6.07 Å². The van der Waals surface area contributed by atoms with Gasteiger partial charge in [-0.2, -0.15) is 0 Å². The van der Waals surface area contributed by atoms with Gasteiger partial charge in [0, 0.05) is 5.56 Å². The maximum absolute atomic E-state index is 13.4. The zero-order chi connectivity index (χ0) is 14.7. The molecule has 0 saturated heterocycles. The monoisotopic (exact) mass is 293 g/mol. The lowest BCUT2D eigenvalue weighted by Gasteiger charge is -2.11. The molecule has 2 aromatic rings. The fraction of sp³-hybridized carbons (Fsp3) is 0.133. The second-order valence-corrected chi connectivity index (χ2v) is 4.78. The maximum Gasteiger partial charge on any atom is 0.191 e. The average molecular weight is 293 g/mol. The third-order valence-electron chi connectivity index (χ3n) is 2.92. The number of hydrogen-bond donors (Lipinski definition) is 1. The molecule has 0 saturated carbocycles. The van der Waals surface area contributed by atoms with Crippen LogP contribution in [0.2, 0.25) is 0 Å². The molecule has 0 aliphatic carbocycles. The van der Waals surface area contributed by atoms with Crippen LogP contribution in [-0.4, -0.2) is 4.99 Å². The molecule has 0 aliphatic heterocycles. The van der Waals surface area contributed by atoms with Gasteiger partial charge in [-0.15, -0.1) is 0 Å². The number of rotatable bonds is 4. The Morgan fingerprint density at radius 1 is 1.20 bits per heavy atom. The van der Waals surface area contributed by atoms with E-state index in [0.29, 0.717) is 4.99 Å². The smallest absolute Gasteiger partial charge is 0.191 e. The van der Waals surface area contributed by atoms with E-state index in [1.807, 2.05) is 13.0 Å². The van der Waals surface area contributed by atoms with Crippen LogP contribution in [0, 0.1) is 18.6 Å². The van der Waals surface area contributed by atoms with Crippen molar-refractivity contribution in [2.24, 2.45) is 5.73 Å². The first-order valence-electron chi connectivity index (χ1n) is 5.95. The minimum absolute atomic E-state index is 0.0707. The second kappa shape index (κ2) is 5.96. The van der Waals surface area contributed by atoms with E-state index in [0.717, 1.165) is 28.8 Å². The summed E-state index contributed by atoms with van der Waals surface area (Å²) in [6, 6.07) is 8.95. The maximum atomic E-state index is 13.4. The number of nitrogens with two attached hydrogens (primary N) is 1. The van der Waals surface area contributed by atoms with Crippen LogP contribution in [-0.2, 0) is 6.61 Å². The van der Waals surface area contributed by atoms with Gasteiger partial charge in [0.05, 0.1) is 0 Å². The fourth-order valence-electron chi connectivity index (χ4n) is 1.78. The van der Waals surface area contributed by atoms with Gasteiger partial charge in [0.15, 0.2) is 17.4 Å². The van der Waals surface area contributed by atoms with Gasteiger partial charge in [-0.05, 0) is 36.2 Å². The van der Waals surface area contributed by atoms with Crippen molar-refractivity contribution in [2.45, 2.75) is 13.5 Å². The SMILES string of the molecule is Cc1cc(C(N)=S)ccc1COc1c(F)cccc1F. The summed E-state index contributed by atoms with van der Waals surface area (Å²) < 4.78 is 32.1. The van der Waals surface area contributed by atoms with Crippen molar-refractivity contribution < 1.29 is 13.5 Å². The molecule has 0 bridgehead atoms. The molecule has 0 aromatic heterocycles. The number of halogens is 2. The molecule has 2 aromatic carbocycles. The number of aryl methyl sites for hydroxylation is 1. The van der Waals surface area contributed by atoms with Crippen molar-refractivity contribution in [2.75, 3.05) is 0 Å². The number of hydrogen-bond acceptors (Lipinski definition) is 2. The lowest BCUT2D eigenvalue weighted by atomic mass is 10.1. The average Bonchev–Trinajstić information content (AvgIpc) is 2.39. The third-order valence-corrected chi connectivity index (χ3v) is 3.15. The largest absolute Gasteiger partial charge is 0.483 e. The van der Waals surface area contributed by atoms with Crippen molar-refractivity contribution in [3.05, 3.63) is 64.7 Å². The van der Waals surface area contributed by atoms with Gasteiger partial charge in [-0.1, -0.05) is 30.4 Å². The van der Waals surface area contributed by atoms with Gasteiger partial charge in [0.1, 0.15) is 11.6 Å². The number of para-hydroxylation sites is 1. The summed E-state index contributed by atoms with van der Waals surface area (Å²) in [5.74, 6) is -1.81. The molecule has 2 N–H and O–H groups in total. The molecule has 0 atom stereocenters. The molecule has 2 rings (SSSR count). The molecule has 0 heterocycles. The first-order chi connectivity index (χ1) is 9.49. The topological polar surface area (TPSA) is 35.2 Å². The minimum Gasteiger partial charge on any atom is -0.483 e. The summed E-state index contributed by atoms with van der Waals surface area (Å²) >= 11 is 4.89. The van der Waals surface area contributed by atoms with Crippen LogP contribution >= 0.6 is 12.2 Å². The van der Waals surface area contributed by atoms with Crippen molar-refractivity contribution in [1.29, 1.82) is 0 Å². The van der Waals surface area contributed by atoms with Crippen LogP contribution < -0.4 is 10.5 Å². The Morgan fingerprint density at radius 2 is 1.85 bits per heavy atom. The van der Waals surface area contributed by atoms with Crippen LogP contribution in [0.3, 0.4) is 0 Å². The molecule has 0 radical (unpaired) electrons. The Bertz CT molecular complexity index is 638. The number of benzene rings is 2. The summed E-state index contributed by atoms with van der Waals surface area (Å²) in [4.78, 5) is 0.306. The van der Waals surface area contributed by atoms with Crippen LogP contribution in [0.1, 0.15) is 16.7 Å². The van der Waals surface area contributed by atoms with Gasteiger partial charge in [0.2, 0.25) is 0 Å². The molecular weight excluding hydrogens is 280 g/mol. The summed E-state index contributed by atoms with van der Waals surface area (Å²) in [7, 11) is 0. The first-order valence-corrected chi connectivity index (χ1v) is 6.36. The zero-order valence-corrected chi connectivity index (χ0v) is 11.6. The van der Waals surface area contributed by atoms with Gasteiger partial charge in [0.25, 0.3) is 0 Å². The second-order valence-electron chi connectivity index (χ2n) is 4.34. The van der Waals surface area contributed by atoms with E-state index in [2.05, 4.69) is 0 Å². The molecule has 0 fully saturated rings. The highest BCUT2D eigenvalue weighted by molar-refractivity contribution is 7.80. The van der Waals surface area contributed by atoms with Crippen molar-refractivity contribution in [1.82, 2.24) is 0 Å². The highest BCUT2D eigenvalue weighted by atomic mass is 32.1. The molecule has 0 amide bonds. The molecule has 2 nitrogen and oxygen atoms in total. The van der Waals surface area contributed by atoms with Crippen LogP contribution in [0.25, 0.3) is 0 Å². The van der Waals surface area contributed by atoms with Crippen LogP contribution in [0.15, 0.2) is 36.4 Å². The van der Waals surface area contributed by atoms with E-state index < -0.39 is 11.6 Å². The summed E-state index contributed by atoms with van der Waals surface area (Å²) in [6.45, 7) is 1.93. The van der Waals surface area contributed by atoms with E-state index >= 15 is 0 Å². The van der Waals surface area contributed by atoms with E-state index in [1.54, 1.807) is 12.1 Å². The third kappa shape index (κ3) is 3.11. The summed E-state index contributed by atoms with van der Waals surface area (Å²) in [5.41, 5.74) is 7.99. The van der Waals surface area contributed by atoms with Gasteiger partial charge >= 0.3 is 0 Å². The normalized spacial score (nSPS) is 10.3. The predicted octanol–water partition coefficient (Wildman–Crippen LogP) is 3.49. The zero-order valence-electron chi connectivity index (χ0n) is 10.8. The first kappa shape index (κ1) is 14.4. The molecule has 20 heavy (non-hydrogen) atoms. The molecular formula is C15H13F2NOS. The molecule has 104 valence electrons. The molecule has 0 aliphatic rings. The standard InChI is InChI=1S/C15H13F2NOS/c1-9-7-10(15(18)20)5-6-11(9)8-19-14-12(16)3-2-4-13(14)17/h2-7H,8H2,1H3,(H2,18,20). The quantitative estimate of drug-likeness (QED) is 0.877. The highest BCUT2D eigenvalue weighted by Gasteiger charge is 2.10. The highest BCUT2D eigenvalue weighted by Crippen LogP contribution is 2.22. The van der Waals surface area contributed by atoms with Crippen molar-refractivity contribution >= 4 is 17.2 Å². The number of thiocarbonyl (C=S) groups is 1. The predicted molar refractivity (Wildman–Crippen MR) is 77.8 cm³/mol.